The maximum atomic E-state index is 5.30. The Morgan fingerprint density at radius 3 is 1.89 bits per heavy atom. The Kier molecular flexibility index (Phi) is 7.46. The highest BCUT2D eigenvalue weighted by Crippen LogP contribution is 2.37. The number of amidine groups is 2. The van der Waals surface area contributed by atoms with Crippen molar-refractivity contribution < 1.29 is 0 Å². The third-order valence-corrected chi connectivity index (χ3v) is 11.3. The number of nitrogens with zero attached hydrogens (tertiary/aromatic N) is 5. The molecule has 1 aliphatic heterocycles. The third kappa shape index (κ3) is 5.16. The second-order valence-corrected chi connectivity index (χ2v) is 14.6. The molecule has 0 fully saturated rings. The minimum absolute atomic E-state index is 0.210. The summed E-state index contributed by atoms with van der Waals surface area (Å²) in [5.74, 6) is 1.62. The summed E-state index contributed by atoms with van der Waals surface area (Å²) in [6.45, 7) is 0. The van der Waals surface area contributed by atoms with Gasteiger partial charge in [-0.1, -0.05) is 146 Å². The van der Waals surface area contributed by atoms with Crippen LogP contribution >= 0.6 is 0 Å². The molecule has 266 valence electrons. The lowest BCUT2D eigenvalue weighted by Crippen LogP contribution is -2.35. The number of hydrogen-bond acceptors (Lipinski definition) is 3. The first kappa shape index (κ1) is 32.2. The minimum Gasteiger partial charge on any atom is -0.333 e. The molecule has 0 saturated carbocycles. The lowest BCUT2D eigenvalue weighted by molar-refractivity contribution is 0.383. The first-order valence-corrected chi connectivity index (χ1v) is 19.2. The quantitative estimate of drug-likeness (QED) is 0.169. The summed E-state index contributed by atoms with van der Waals surface area (Å²) in [4.78, 5) is 12.7. The highest BCUT2D eigenvalue weighted by atomic mass is 15.3. The van der Waals surface area contributed by atoms with Crippen molar-refractivity contribution in [1.82, 2.24) is 14.0 Å². The largest absolute Gasteiger partial charge is 0.333 e. The van der Waals surface area contributed by atoms with E-state index in [0.29, 0.717) is 0 Å². The molecule has 9 aromatic rings. The summed E-state index contributed by atoms with van der Waals surface area (Å²) in [6, 6.07) is 62.8. The fourth-order valence-corrected chi connectivity index (χ4v) is 8.72. The molecule has 0 bridgehead atoms. The molecule has 0 amide bonds. The molecule has 1 atom stereocenters. The smallest absolute Gasteiger partial charge is 0.159 e. The van der Waals surface area contributed by atoms with Crippen LogP contribution in [0.3, 0.4) is 0 Å². The van der Waals surface area contributed by atoms with E-state index in [-0.39, 0.29) is 6.17 Å². The van der Waals surface area contributed by atoms with Crippen LogP contribution in [0, 0.1) is 0 Å². The van der Waals surface area contributed by atoms with Gasteiger partial charge in [0.25, 0.3) is 0 Å². The molecular weight excluding hydrogens is 683 g/mol. The van der Waals surface area contributed by atoms with Crippen molar-refractivity contribution in [3.8, 4) is 22.5 Å². The Labute approximate surface area is 324 Å². The summed E-state index contributed by atoms with van der Waals surface area (Å²) >= 11 is 0. The summed E-state index contributed by atoms with van der Waals surface area (Å²) in [5, 5.41) is 6.28. The van der Waals surface area contributed by atoms with Crippen LogP contribution in [-0.4, -0.2) is 32.8 Å². The highest BCUT2D eigenvalue weighted by molar-refractivity contribution is 6.15. The van der Waals surface area contributed by atoms with Gasteiger partial charge in [-0.05, 0) is 65.6 Å². The Balaban J connectivity index is 1.12. The van der Waals surface area contributed by atoms with E-state index in [0.717, 1.165) is 46.2 Å². The van der Waals surface area contributed by atoms with Crippen LogP contribution in [0.2, 0.25) is 0 Å². The zero-order valence-electron chi connectivity index (χ0n) is 30.9. The standard InChI is InChI=1S/C51H37N5/c1-54-50(35-18-8-3-9-19-35)52-49(53-51(54)36-20-10-4-11-21-36)38-22-14-25-40(30-38)56-45-27-15-26-41(45)43-32-44-42-29-28-37(34-16-6-2-7-17-34)31-46(42)55(47(44)33-48(43)56)39-23-12-5-13-24-39/h2-14,16-33,50H,15H2,1H3. The third-order valence-electron chi connectivity index (χ3n) is 11.3. The van der Waals surface area contributed by atoms with Gasteiger partial charge >= 0.3 is 0 Å². The normalized spacial score (nSPS) is 15.1. The fourth-order valence-electron chi connectivity index (χ4n) is 8.72. The van der Waals surface area contributed by atoms with Crippen molar-refractivity contribution in [3.05, 3.63) is 203 Å². The predicted molar refractivity (Wildman–Crippen MR) is 232 cm³/mol. The zero-order chi connectivity index (χ0) is 37.2. The first-order chi connectivity index (χ1) is 27.7. The number of rotatable bonds is 6. The van der Waals surface area contributed by atoms with Crippen molar-refractivity contribution >= 4 is 56.5 Å². The number of aliphatic imine (C=N–C) groups is 2. The molecule has 56 heavy (non-hydrogen) atoms. The average molecular weight is 720 g/mol. The van der Waals surface area contributed by atoms with E-state index in [1.807, 2.05) is 6.07 Å². The molecule has 1 aliphatic carbocycles. The maximum Gasteiger partial charge on any atom is 0.159 e. The van der Waals surface area contributed by atoms with Crippen LogP contribution in [0.5, 0.6) is 0 Å². The van der Waals surface area contributed by atoms with Crippen molar-refractivity contribution in [2.45, 2.75) is 12.6 Å². The molecule has 0 N–H and O–H groups in total. The van der Waals surface area contributed by atoms with Gasteiger partial charge in [0, 0.05) is 50.9 Å². The second-order valence-electron chi connectivity index (χ2n) is 14.6. The summed E-state index contributed by atoms with van der Waals surface area (Å²) in [7, 11) is 2.08. The maximum absolute atomic E-state index is 5.30. The van der Waals surface area contributed by atoms with Gasteiger partial charge in [0.1, 0.15) is 12.0 Å². The van der Waals surface area contributed by atoms with Crippen molar-refractivity contribution in [2.75, 3.05) is 7.05 Å². The van der Waals surface area contributed by atoms with Crippen LogP contribution in [0.1, 0.15) is 29.3 Å². The number of fused-ring (bicyclic) bond motifs is 6. The van der Waals surface area contributed by atoms with Gasteiger partial charge in [-0.15, -0.1) is 0 Å². The molecule has 0 radical (unpaired) electrons. The van der Waals surface area contributed by atoms with Crippen molar-refractivity contribution in [1.29, 1.82) is 0 Å². The number of hydrogen-bond donors (Lipinski definition) is 0. The van der Waals surface area contributed by atoms with Crippen LogP contribution in [0.25, 0.3) is 67.4 Å². The topological polar surface area (TPSA) is 37.8 Å². The molecule has 5 nitrogen and oxygen atoms in total. The van der Waals surface area contributed by atoms with Gasteiger partial charge < -0.3 is 14.0 Å². The van der Waals surface area contributed by atoms with Gasteiger partial charge in [-0.3, -0.25) is 0 Å². The van der Waals surface area contributed by atoms with Gasteiger partial charge in [0.05, 0.1) is 21.9 Å². The van der Waals surface area contributed by atoms with Crippen LogP contribution in [0.4, 0.5) is 0 Å². The van der Waals surface area contributed by atoms with Gasteiger partial charge in [0.15, 0.2) is 5.84 Å². The molecule has 1 unspecified atom stereocenters. The van der Waals surface area contributed by atoms with Crippen LogP contribution in [0.15, 0.2) is 186 Å². The predicted octanol–water partition coefficient (Wildman–Crippen LogP) is 10.2. The van der Waals surface area contributed by atoms with E-state index in [1.54, 1.807) is 0 Å². The second kappa shape index (κ2) is 13.0. The number of benzene rings is 7. The van der Waals surface area contributed by atoms with E-state index in [4.69, 9.17) is 9.98 Å². The van der Waals surface area contributed by atoms with Crippen LogP contribution < -0.4 is 10.6 Å². The molecule has 2 aromatic heterocycles. The van der Waals surface area contributed by atoms with E-state index < -0.39 is 0 Å². The van der Waals surface area contributed by atoms with E-state index >= 15 is 0 Å². The number of para-hydroxylation sites is 1. The molecule has 0 spiro atoms. The Bertz CT molecular complexity index is 3160. The van der Waals surface area contributed by atoms with Crippen molar-refractivity contribution in [3.63, 3.8) is 0 Å². The Hall–Kier alpha value is -7.24. The van der Waals surface area contributed by atoms with Crippen LogP contribution in [-0.2, 0) is 0 Å². The minimum atomic E-state index is -0.210. The summed E-state index contributed by atoms with van der Waals surface area (Å²) in [6.07, 6.45) is 5.42. The Morgan fingerprint density at radius 2 is 1.12 bits per heavy atom. The molecule has 5 heteroatoms. The van der Waals surface area contributed by atoms with E-state index in [1.165, 1.54) is 54.4 Å². The van der Waals surface area contributed by atoms with E-state index in [2.05, 4.69) is 203 Å². The molecule has 3 heterocycles. The van der Waals surface area contributed by atoms with Gasteiger partial charge in [-0.25, -0.2) is 9.98 Å². The lowest BCUT2D eigenvalue weighted by Gasteiger charge is -2.32. The SMILES string of the molecule is CN1C(c2ccccc2)=NC(c2cccc(-n3c4c(c5cc6c7ccc(-c8ccccc8)cc7n(-c7ccccc7)c6cc53)=CCC=4)c2)=NC1c1ccccc1. The molecule has 0 saturated heterocycles. The summed E-state index contributed by atoms with van der Waals surface area (Å²) in [5.41, 5.74) is 11.4. The number of aromatic nitrogens is 2. The van der Waals surface area contributed by atoms with Gasteiger partial charge in [-0.2, -0.15) is 0 Å². The molecule has 11 rings (SSSR count). The molecule has 7 aromatic carbocycles. The fraction of sp³-hybridized carbons (Fsp3) is 0.0588. The highest BCUT2D eigenvalue weighted by Gasteiger charge is 2.27. The van der Waals surface area contributed by atoms with Crippen molar-refractivity contribution in [2.24, 2.45) is 9.98 Å². The van der Waals surface area contributed by atoms with Gasteiger partial charge in [0.2, 0.25) is 0 Å². The zero-order valence-corrected chi connectivity index (χ0v) is 30.9. The average Bonchev–Trinajstić information content (AvgIpc) is 3.95. The molecular formula is C51H37N5. The Morgan fingerprint density at radius 1 is 0.482 bits per heavy atom. The molecule has 2 aliphatic rings. The first-order valence-electron chi connectivity index (χ1n) is 19.2. The van der Waals surface area contributed by atoms with E-state index in [9.17, 15) is 0 Å². The monoisotopic (exact) mass is 719 g/mol. The summed E-state index contributed by atoms with van der Waals surface area (Å²) < 4.78 is 4.87. The lowest BCUT2D eigenvalue weighted by atomic mass is 10.0.